The summed E-state index contributed by atoms with van der Waals surface area (Å²) in [6.45, 7) is 8.20. The summed E-state index contributed by atoms with van der Waals surface area (Å²) >= 11 is 1.36. The molecule has 1 atom stereocenters. The van der Waals surface area contributed by atoms with Gasteiger partial charge in [0.05, 0.1) is 5.69 Å². The number of thiazole rings is 1. The number of amides is 2. The van der Waals surface area contributed by atoms with Gasteiger partial charge in [-0.3, -0.25) is 14.5 Å². The monoisotopic (exact) mass is 486 g/mol. The summed E-state index contributed by atoms with van der Waals surface area (Å²) in [5, 5.41) is 3.82. The first kappa shape index (κ1) is 24.8. The van der Waals surface area contributed by atoms with E-state index in [1.54, 1.807) is 12.1 Å². The largest absolute Gasteiger partial charge is 0.355 e. The third kappa shape index (κ3) is 6.21. The molecule has 1 unspecified atom stereocenters. The van der Waals surface area contributed by atoms with Crippen LogP contribution in [0.3, 0.4) is 0 Å². The molecule has 1 aromatic heterocycles. The van der Waals surface area contributed by atoms with Gasteiger partial charge in [0.15, 0.2) is 0 Å². The second-order valence-corrected chi connectivity index (χ2v) is 10.6. The molecule has 3 heterocycles. The predicted molar refractivity (Wildman–Crippen MR) is 133 cm³/mol. The lowest BCUT2D eigenvalue weighted by molar-refractivity contribution is -0.122. The van der Waals surface area contributed by atoms with E-state index >= 15 is 0 Å². The summed E-state index contributed by atoms with van der Waals surface area (Å²) in [4.78, 5) is 35.1. The number of nitrogens with zero attached hydrogens (tertiary/aromatic N) is 3. The Labute approximate surface area is 205 Å². The van der Waals surface area contributed by atoms with E-state index in [-0.39, 0.29) is 17.6 Å². The van der Waals surface area contributed by atoms with Crippen molar-refractivity contribution in [3.8, 4) is 10.6 Å². The normalized spacial score (nSPS) is 19.9. The number of benzene rings is 1. The van der Waals surface area contributed by atoms with Gasteiger partial charge >= 0.3 is 0 Å². The molecule has 1 N–H and O–H groups in total. The van der Waals surface area contributed by atoms with E-state index in [1.807, 2.05) is 11.8 Å². The van der Waals surface area contributed by atoms with Crippen LogP contribution in [0.5, 0.6) is 0 Å². The average Bonchev–Trinajstić information content (AvgIpc) is 3.22. The van der Waals surface area contributed by atoms with Crippen LogP contribution in [0.15, 0.2) is 24.3 Å². The highest BCUT2D eigenvalue weighted by molar-refractivity contribution is 7.17. The molecule has 0 saturated carbocycles. The third-order valence-corrected chi connectivity index (χ3v) is 8.31. The lowest BCUT2D eigenvalue weighted by atomic mass is 9.93. The second-order valence-electron chi connectivity index (χ2n) is 9.61. The number of nitrogens with one attached hydrogen (secondary N) is 1. The number of halogens is 1. The van der Waals surface area contributed by atoms with Gasteiger partial charge in [-0.15, -0.1) is 11.3 Å². The minimum absolute atomic E-state index is 0.00177. The highest BCUT2D eigenvalue weighted by atomic mass is 32.1. The smallest absolute Gasteiger partial charge is 0.265 e. The van der Waals surface area contributed by atoms with Crippen LogP contribution in [0.4, 0.5) is 4.39 Å². The lowest BCUT2D eigenvalue weighted by Gasteiger charge is -2.33. The Morgan fingerprint density at radius 1 is 1.12 bits per heavy atom. The molecular weight excluding hydrogens is 451 g/mol. The number of likely N-dealkylation sites (tertiary alicyclic amines) is 2. The summed E-state index contributed by atoms with van der Waals surface area (Å²) in [6.07, 6.45) is 6.02. The molecule has 2 fully saturated rings. The zero-order valence-electron chi connectivity index (χ0n) is 20.2. The highest BCUT2D eigenvalue weighted by Gasteiger charge is 2.28. The fraction of sp³-hybridized carbons (Fsp3) is 0.577. The van der Waals surface area contributed by atoms with Crippen molar-refractivity contribution in [3.63, 3.8) is 0 Å². The standard InChI is InChI=1S/C26H35FN4O2S/c1-18-5-3-4-13-30(18)16-12-28-23(32)17-20-10-14-31(15-11-20)26(33)24-19(2)29-25(34-24)21-6-8-22(27)9-7-21/h6-9,18,20H,3-5,10-17H2,1-2H3,(H,28,32). The first-order valence-corrected chi connectivity index (χ1v) is 13.3. The minimum atomic E-state index is -0.290. The molecule has 184 valence electrons. The Kier molecular flexibility index (Phi) is 8.32. The maximum Gasteiger partial charge on any atom is 0.265 e. The summed E-state index contributed by atoms with van der Waals surface area (Å²) < 4.78 is 13.2. The van der Waals surface area contributed by atoms with Gasteiger partial charge in [0.2, 0.25) is 5.91 Å². The fourth-order valence-corrected chi connectivity index (χ4v) is 6.00. The quantitative estimate of drug-likeness (QED) is 0.626. The molecule has 2 aliphatic heterocycles. The van der Waals surface area contributed by atoms with Crippen LogP contribution in [0.2, 0.25) is 0 Å². The molecule has 34 heavy (non-hydrogen) atoms. The molecule has 8 heteroatoms. The molecule has 2 aromatic rings. The molecule has 2 saturated heterocycles. The van der Waals surface area contributed by atoms with Crippen LogP contribution in [0, 0.1) is 18.7 Å². The number of rotatable bonds is 7. The molecule has 0 radical (unpaired) electrons. The average molecular weight is 487 g/mol. The van der Waals surface area contributed by atoms with Gasteiger partial charge in [0.25, 0.3) is 5.91 Å². The van der Waals surface area contributed by atoms with Gasteiger partial charge in [-0.05, 0) is 76.3 Å². The summed E-state index contributed by atoms with van der Waals surface area (Å²) in [6, 6.07) is 6.80. The molecular formula is C26H35FN4O2S. The third-order valence-electron chi connectivity index (χ3n) is 7.12. The predicted octanol–water partition coefficient (Wildman–Crippen LogP) is 4.49. The molecule has 6 nitrogen and oxygen atoms in total. The van der Waals surface area contributed by atoms with Crippen molar-refractivity contribution in [1.82, 2.24) is 20.1 Å². The summed E-state index contributed by atoms with van der Waals surface area (Å²) in [7, 11) is 0. The van der Waals surface area contributed by atoms with Crippen molar-refractivity contribution in [3.05, 3.63) is 40.7 Å². The Hall–Kier alpha value is -2.32. The van der Waals surface area contributed by atoms with E-state index in [2.05, 4.69) is 22.1 Å². The van der Waals surface area contributed by atoms with Crippen molar-refractivity contribution < 1.29 is 14.0 Å². The minimum Gasteiger partial charge on any atom is -0.355 e. The van der Waals surface area contributed by atoms with Crippen molar-refractivity contribution in [2.24, 2.45) is 5.92 Å². The zero-order chi connectivity index (χ0) is 24.1. The van der Waals surface area contributed by atoms with Gasteiger partial charge in [0.1, 0.15) is 15.7 Å². The van der Waals surface area contributed by atoms with Gasteiger partial charge in [-0.1, -0.05) is 6.42 Å². The molecule has 2 amide bonds. The number of aromatic nitrogens is 1. The van der Waals surface area contributed by atoms with E-state index in [0.717, 1.165) is 36.5 Å². The second kappa shape index (κ2) is 11.4. The van der Waals surface area contributed by atoms with E-state index < -0.39 is 0 Å². The highest BCUT2D eigenvalue weighted by Crippen LogP contribution is 2.30. The van der Waals surface area contributed by atoms with Crippen molar-refractivity contribution in [2.75, 3.05) is 32.7 Å². The molecule has 0 spiro atoms. The van der Waals surface area contributed by atoms with E-state index in [0.29, 0.717) is 48.6 Å². The van der Waals surface area contributed by atoms with Crippen molar-refractivity contribution in [1.29, 1.82) is 0 Å². The molecule has 1 aromatic carbocycles. The van der Waals surface area contributed by atoms with Crippen LogP contribution < -0.4 is 5.32 Å². The van der Waals surface area contributed by atoms with Gasteiger partial charge in [0, 0.05) is 44.2 Å². The number of carbonyl (C=O) groups is 2. The molecule has 4 rings (SSSR count). The van der Waals surface area contributed by atoms with Crippen LogP contribution >= 0.6 is 11.3 Å². The summed E-state index contributed by atoms with van der Waals surface area (Å²) in [5.41, 5.74) is 1.52. The van der Waals surface area contributed by atoms with E-state index in [1.165, 1.54) is 42.7 Å². The zero-order valence-corrected chi connectivity index (χ0v) is 21.0. The lowest BCUT2D eigenvalue weighted by Crippen LogP contribution is -2.43. The fourth-order valence-electron chi connectivity index (χ4n) is 4.96. The maximum absolute atomic E-state index is 13.2. The van der Waals surface area contributed by atoms with Gasteiger partial charge in [-0.2, -0.15) is 0 Å². The molecule has 0 bridgehead atoms. The number of piperidine rings is 2. The number of carbonyl (C=O) groups excluding carboxylic acids is 2. The summed E-state index contributed by atoms with van der Waals surface area (Å²) in [5.74, 6) is 0.148. The Bertz CT molecular complexity index is 985. The maximum atomic E-state index is 13.2. The first-order chi connectivity index (χ1) is 16.4. The Balaban J connectivity index is 1.22. The van der Waals surface area contributed by atoms with Gasteiger partial charge in [-0.25, -0.2) is 9.37 Å². The van der Waals surface area contributed by atoms with Crippen LogP contribution in [-0.4, -0.2) is 65.4 Å². The first-order valence-electron chi connectivity index (χ1n) is 12.4. The molecule has 2 aliphatic rings. The topological polar surface area (TPSA) is 65.5 Å². The van der Waals surface area contributed by atoms with Crippen LogP contribution in [0.25, 0.3) is 10.6 Å². The van der Waals surface area contributed by atoms with Crippen LogP contribution in [0.1, 0.15) is 60.8 Å². The number of hydrogen-bond acceptors (Lipinski definition) is 5. The van der Waals surface area contributed by atoms with Crippen molar-refractivity contribution >= 4 is 23.2 Å². The van der Waals surface area contributed by atoms with E-state index in [4.69, 9.17) is 0 Å². The van der Waals surface area contributed by atoms with E-state index in [9.17, 15) is 14.0 Å². The molecule has 0 aliphatic carbocycles. The SMILES string of the molecule is Cc1nc(-c2ccc(F)cc2)sc1C(=O)N1CCC(CC(=O)NCCN2CCCCC2C)CC1. The van der Waals surface area contributed by atoms with Gasteiger partial charge < -0.3 is 10.2 Å². The number of aryl methyl sites for hydroxylation is 1. The Morgan fingerprint density at radius 3 is 2.56 bits per heavy atom. The van der Waals surface area contributed by atoms with Crippen LogP contribution in [-0.2, 0) is 4.79 Å². The van der Waals surface area contributed by atoms with Crippen molar-refractivity contribution in [2.45, 2.75) is 58.4 Å². The number of hydrogen-bond donors (Lipinski definition) is 1. The Morgan fingerprint density at radius 2 is 1.85 bits per heavy atom.